The summed E-state index contributed by atoms with van der Waals surface area (Å²) < 4.78 is 24.4. The van der Waals surface area contributed by atoms with E-state index >= 15 is 0 Å². The molecule has 0 spiro atoms. The molecule has 0 saturated heterocycles. The Morgan fingerprint density at radius 2 is 1.65 bits per heavy atom. The second-order valence-electron chi connectivity index (χ2n) is 5.33. The van der Waals surface area contributed by atoms with Crippen LogP contribution < -0.4 is 10.5 Å². The monoisotopic (exact) mass is 317 g/mol. The highest BCUT2D eigenvalue weighted by atomic mass is 19.1. The molecular weight excluding hydrogens is 297 g/mol. The molecule has 0 aromatic heterocycles. The number of hydrogen-bond acceptors (Lipinski definition) is 4. The zero-order chi connectivity index (χ0) is 16.8. The van der Waals surface area contributed by atoms with Gasteiger partial charge in [0.15, 0.2) is 6.10 Å². The number of carbonyl (C=O) groups is 1. The summed E-state index contributed by atoms with van der Waals surface area (Å²) in [6.07, 6.45) is -1.15. The van der Waals surface area contributed by atoms with Gasteiger partial charge in [0.2, 0.25) is 0 Å². The van der Waals surface area contributed by atoms with Crippen molar-refractivity contribution in [3.05, 3.63) is 66.0 Å². The lowest BCUT2D eigenvalue weighted by Crippen LogP contribution is -2.34. The lowest BCUT2D eigenvalue weighted by Gasteiger charge is -2.26. The SMILES string of the molecule is CC(OC(=O)[C@H](C)N)C(Oc1ccccc1)c1ccc(F)cc1. The van der Waals surface area contributed by atoms with Gasteiger partial charge in [-0.1, -0.05) is 30.3 Å². The van der Waals surface area contributed by atoms with E-state index in [1.807, 2.05) is 18.2 Å². The maximum atomic E-state index is 13.2. The quantitative estimate of drug-likeness (QED) is 0.831. The van der Waals surface area contributed by atoms with Crippen LogP contribution in [0.3, 0.4) is 0 Å². The van der Waals surface area contributed by atoms with Crippen LogP contribution in [0.15, 0.2) is 54.6 Å². The molecule has 2 rings (SSSR count). The molecule has 2 N–H and O–H groups in total. The molecular formula is C18H20FNO3. The van der Waals surface area contributed by atoms with Gasteiger partial charge in [-0.15, -0.1) is 0 Å². The zero-order valence-electron chi connectivity index (χ0n) is 13.1. The summed E-state index contributed by atoms with van der Waals surface area (Å²) in [6, 6.07) is 14.4. The van der Waals surface area contributed by atoms with Crippen molar-refractivity contribution in [2.45, 2.75) is 32.1 Å². The van der Waals surface area contributed by atoms with Gasteiger partial charge in [0.25, 0.3) is 0 Å². The second-order valence-corrected chi connectivity index (χ2v) is 5.33. The van der Waals surface area contributed by atoms with Gasteiger partial charge in [-0.05, 0) is 43.7 Å². The largest absolute Gasteiger partial charge is 0.482 e. The summed E-state index contributed by atoms with van der Waals surface area (Å²) in [5, 5.41) is 0. The highest BCUT2D eigenvalue weighted by molar-refractivity contribution is 5.75. The lowest BCUT2D eigenvalue weighted by molar-refractivity contribution is -0.154. The van der Waals surface area contributed by atoms with E-state index in [2.05, 4.69) is 0 Å². The van der Waals surface area contributed by atoms with Gasteiger partial charge < -0.3 is 15.2 Å². The molecule has 0 bridgehead atoms. The van der Waals surface area contributed by atoms with Crippen molar-refractivity contribution in [1.29, 1.82) is 0 Å². The van der Waals surface area contributed by atoms with Crippen LogP contribution >= 0.6 is 0 Å². The number of halogens is 1. The minimum absolute atomic E-state index is 0.340. The number of carbonyl (C=O) groups excluding carboxylic acids is 1. The Morgan fingerprint density at radius 3 is 2.22 bits per heavy atom. The van der Waals surface area contributed by atoms with Crippen LogP contribution in [0.4, 0.5) is 4.39 Å². The number of hydrogen-bond donors (Lipinski definition) is 1. The molecule has 122 valence electrons. The zero-order valence-corrected chi connectivity index (χ0v) is 13.1. The number of benzene rings is 2. The molecule has 2 aromatic rings. The third-order valence-corrected chi connectivity index (χ3v) is 3.30. The van der Waals surface area contributed by atoms with E-state index in [-0.39, 0.29) is 5.82 Å². The second kappa shape index (κ2) is 7.74. The van der Waals surface area contributed by atoms with Gasteiger partial charge in [-0.2, -0.15) is 0 Å². The van der Waals surface area contributed by atoms with E-state index in [0.29, 0.717) is 11.3 Å². The number of rotatable bonds is 6. The van der Waals surface area contributed by atoms with E-state index in [1.165, 1.54) is 12.1 Å². The molecule has 0 aliphatic rings. The van der Waals surface area contributed by atoms with Crippen LogP contribution in [-0.2, 0) is 9.53 Å². The Hall–Kier alpha value is -2.40. The third-order valence-electron chi connectivity index (χ3n) is 3.30. The lowest BCUT2D eigenvalue weighted by atomic mass is 10.0. The smallest absolute Gasteiger partial charge is 0.323 e. The summed E-state index contributed by atoms with van der Waals surface area (Å²) in [5.74, 6) is -0.223. The Bertz CT molecular complexity index is 628. The molecule has 0 aliphatic carbocycles. The topological polar surface area (TPSA) is 61.5 Å². The standard InChI is InChI=1S/C18H20FNO3/c1-12(20)18(21)22-13(2)17(14-8-10-15(19)11-9-14)23-16-6-4-3-5-7-16/h3-13,17H,20H2,1-2H3/t12-,13?,17?/m0/s1. The van der Waals surface area contributed by atoms with Crippen molar-refractivity contribution >= 4 is 5.97 Å². The molecule has 2 unspecified atom stereocenters. The summed E-state index contributed by atoms with van der Waals surface area (Å²) in [5.41, 5.74) is 6.24. The summed E-state index contributed by atoms with van der Waals surface area (Å²) in [4.78, 5) is 11.7. The van der Waals surface area contributed by atoms with Crippen LogP contribution in [-0.4, -0.2) is 18.1 Å². The van der Waals surface area contributed by atoms with Crippen LogP contribution in [0, 0.1) is 5.82 Å². The summed E-state index contributed by atoms with van der Waals surface area (Å²) in [6.45, 7) is 3.28. The average Bonchev–Trinajstić information content (AvgIpc) is 2.54. The van der Waals surface area contributed by atoms with Crippen molar-refractivity contribution in [1.82, 2.24) is 0 Å². The Kier molecular flexibility index (Phi) is 5.71. The first kappa shape index (κ1) is 17.0. The minimum atomic E-state index is -0.719. The van der Waals surface area contributed by atoms with E-state index in [1.54, 1.807) is 38.1 Å². The Balaban J connectivity index is 2.23. The summed E-state index contributed by atoms with van der Waals surface area (Å²) in [7, 11) is 0. The predicted molar refractivity (Wildman–Crippen MR) is 85.4 cm³/mol. The first-order chi connectivity index (χ1) is 11.0. The fourth-order valence-electron chi connectivity index (χ4n) is 2.09. The Labute approximate surface area is 135 Å². The fraction of sp³-hybridized carbons (Fsp3) is 0.278. The molecule has 5 heteroatoms. The molecule has 3 atom stereocenters. The van der Waals surface area contributed by atoms with Crippen molar-refractivity contribution < 1.29 is 18.7 Å². The molecule has 0 saturated carbocycles. The molecule has 0 heterocycles. The number of ether oxygens (including phenoxy) is 2. The van der Waals surface area contributed by atoms with E-state index in [4.69, 9.17) is 15.2 Å². The normalized spacial score (nSPS) is 14.6. The minimum Gasteiger partial charge on any atom is -0.482 e. The van der Waals surface area contributed by atoms with Crippen molar-refractivity contribution in [3.8, 4) is 5.75 Å². The van der Waals surface area contributed by atoms with Crippen molar-refractivity contribution in [2.24, 2.45) is 5.73 Å². The molecule has 4 nitrogen and oxygen atoms in total. The number of nitrogens with two attached hydrogens (primary N) is 1. The third kappa shape index (κ3) is 4.79. The number of esters is 1. The van der Waals surface area contributed by atoms with Crippen molar-refractivity contribution in [2.75, 3.05) is 0 Å². The van der Waals surface area contributed by atoms with E-state index in [9.17, 15) is 9.18 Å². The van der Waals surface area contributed by atoms with Crippen LogP contribution in [0.25, 0.3) is 0 Å². The fourth-order valence-corrected chi connectivity index (χ4v) is 2.09. The van der Waals surface area contributed by atoms with Gasteiger partial charge in [0.05, 0.1) is 0 Å². The van der Waals surface area contributed by atoms with Gasteiger partial charge in [-0.25, -0.2) is 4.39 Å². The highest BCUT2D eigenvalue weighted by Crippen LogP contribution is 2.27. The van der Waals surface area contributed by atoms with Gasteiger partial charge >= 0.3 is 5.97 Å². The van der Waals surface area contributed by atoms with Gasteiger partial charge in [0.1, 0.15) is 23.7 Å². The van der Waals surface area contributed by atoms with Crippen LogP contribution in [0.2, 0.25) is 0 Å². The Morgan fingerprint density at radius 1 is 1.04 bits per heavy atom. The van der Waals surface area contributed by atoms with E-state index in [0.717, 1.165) is 0 Å². The van der Waals surface area contributed by atoms with Gasteiger partial charge in [-0.3, -0.25) is 4.79 Å². The van der Waals surface area contributed by atoms with Gasteiger partial charge in [0, 0.05) is 0 Å². The van der Waals surface area contributed by atoms with Crippen molar-refractivity contribution in [3.63, 3.8) is 0 Å². The van der Waals surface area contributed by atoms with Crippen LogP contribution in [0.1, 0.15) is 25.5 Å². The highest BCUT2D eigenvalue weighted by Gasteiger charge is 2.26. The molecule has 0 radical (unpaired) electrons. The molecule has 0 aliphatic heterocycles. The summed E-state index contributed by atoms with van der Waals surface area (Å²) >= 11 is 0. The molecule has 0 amide bonds. The first-order valence-corrected chi connectivity index (χ1v) is 7.40. The number of para-hydroxylation sites is 1. The molecule has 0 fully saturated rings. The van der Waals surface area contributed by atoms with Crippen LogP contribution in [0.5, 0.6) is 5.75 Å². The first-order valence-electron chi connectivity index (χ1n) is 7.40. The molecule has 23 heavy (non-hydrogen) atoms. The van der Waals surface area contributed by atoms with E-state index < -0.39 is 24.2 Å². The predicted octanol–water partition coefficient (Wildman–Crippen LogP) is 3.22. The maximum absolute atomic E-state index is 13.2. The molecule has 2 aromatic carbocycles. The average molecular weight is 317 g/mol. The maximum Gasteiger partial charge on any atom is 0.323 e.